The lowest BCUT2D eigenvalue weighted by molar-refractivity contribution is 0.0950. The van der Waals surface area contributed by atoms with Crippen molar-refractivity contribution in [2.24, 2.45) is 0 Å². The predicted octanol–water partition coefficient (Wildman–Crippen LogP) is 3.04. The van der Waals surface area contributed by atoms with E-state index in [2.05, 4.69) is 10.3 Å². The molecule has 0 aliphatic heterocycles. The van der Waals surface area contributed by atoms with E-state index in [9.17, 15) is 13.2 Å². The van der Waals surface area contributed by atoms with Gasteiger partial charge in [-0.15, -0.1) is 0 Å². The van der Waals surface area contributed by atoms with Crippen molar-refractivity contribution in [3.8, 4) is 5.88 Å². The van der Waals surface area contributed by atoms with Crippen LogP contribution in [0.25, 0.3) is 0 Å². The molecule has 1 aromatic carbocycles. The Labute approximate surface area is 159 Å². The number of carbonyl (C=O) groups excluding carboxylic acids is 1. The first-order valence-corrected chi connectivity index (χ1v) is 10.9. The lowest BCUT2D eigenvalue weighted by Crippen LogP contribution is -2.24. The average molecular weight is 388 g/mol. The number of aryl methyl sites for hydroxylation is 1. The van der Waals surface area contributed by atoms with E-state index >= 15 is 0 Å². The first-order chi connectivity index (χ1) is 12.8. The van der Waals surface area contributed by atoms with Crippen LogP contribution in [0.2, 0.25) is 0 Å². The lowest BCUT2D eigenvalue weighted by Gasteiger charge is -2.12. The maximum absolute atomic E-state index is 12.5. The summed E-state index contributed by atoms with van der Waals surface area (Å²) in [4.78, 5) is 16.9. The number of rotatable bonds is 6. The van der Waals surface area contributed by atoms with Crippen LogP contribution in [-0.4, -0.2) is 31.7 Å². The monoisotopic (exact) mass is 388 g/mol. The van der Waals surface area contributed by atoms with Crippen LogP contribution >= 0.6 is 0 Å². The van der Waals surface area contributed by atoms with E-state index in [1.165, 1.54) is 25.0 Å². The van der Waals surface area contributed by atoms with Crippen LogP contribution < -0.4 is 10.1 Å². The zero-order valence-electron chi connectivity index (χ0n) is 15.6. The van der Waals surface area contributed by atoms with E-state index in [-0.39, 0.29) is 16.9 Å². The smallest absolute Gasteiger partial charge is 0.251 e. The fraction of sp³-hybridized carbons (Fsp3) is 0.400. The van der Waals surface area contributed by atoms with E-state index in [1.54, 1.807) is 19.2 Å². The minimum Gasteiger partial charge on any atom is -0.474 e. The Kier molecular flexibility index (Phi) is 5.79. The van der Waals surface area contributed by atoms with Crippen molar-refractivity contribution in [1.29, 1.82) is 0 Å². The van der Waals surface area contributed by atoms with Crippen LogP contribution in [-0.2, 0) is 16.4 Å². The largest absolute Gasteiger partial charge is 0.474 e. The van der Waals surface area contributed by atoms with Crippen molar-refractivity contribution in [2.75, 3.05) is 6.26 Å². The molecule has 1 aliphatic rings. The molecule has 0 bridgehead atoms. The molecule has 2 aromatic rings. The summed E-state index contributed by atoms with van der Waals surface area (Å²) in [5.74, 6) is 0.290. The fourth-order valence-corrected chi connectivity index (χ4v) is 3.76. The number of amides is 1. The van der Waals surface area contributed by atoms with Crippen molar-refractivity contribution in [3.05, 3.63) is 53.2 Å². The number of aromatic nitrogens is 1. The number of sulfone groups is 1. The summed E-state index contributed by atoms with van der Waals surface area (Å²) in [6.07, 6.45) is 7.62. The predicted molar refractivity (Wildman–Crippen MR) is 103 cm³/mol. The molecule has 0 radical (unpaired) electrons. The zero-order valence-corrected chi connectivity index (χ0v) is 16.4. The minimum absolute atomic E-state index is 0.133. The first kappa shape index (κ1) is 19.4. The van der Waals surface area contributed by atoms with Crippen molar-refractivity contribution < 1.29 is 17.9 Å². The van der Waals surface area contributed by atoms with Gasteiger partial charge in [-0.05, 0) is 55.9 Å². The quantitative estimate of drug-likeness (QED) is 0.822. The Balaban J connectivity index is 1.62. The molecule has 0 spiro atoms. The molecule has 1 fully saturated rings. The van der Waals surface area contributed by atoms with Gasteiger partial charge in [-0.2, -0.15) is 0 Å². The topological polar surface area (TPSA) is 85.4 Å². The number of nitrogens with zero attached hydrogens (tertiary/aromatic N) is 1. The number of nitrogens with one attached hydrogen (secondary N) is 1. The van der Waals surface area contributed by atoms with Gasteiger partial charge >= 0.3 is 0 Å². The second kappa shape index (κ2) is 8.08. The van der Waals surface area contributed by atoms with Gasteiger partial charge < -0.3 is 10.1 Å². The Bertz CT molecular complexity index is 917. The van der Waals surface area contributed by atoms with Gasteiger partial charge in [0, 0.05) is 30.6 Å². The van der Waals surface area contributed by atoms with Gasteiger partial charge in [-0.3, -0.25) is 4.79 Å². The van der Waals surface area contributed by atoms with Gasteiger partial charge in [-0.1, -0.05) is 12.1 Å². The Morgan fingerprint density at radius 3 is 2.59 bits per heavy atom. The molecule has 0 atom stereocenters. The van der Waals surface area contributed by atoms with Crippen molar-refractivity contribution in [1.82, 2.24) is 10.3 Å². The van der Waals surface area contributed by atoms with E-state index in [0.717, 1.165) is 30.2 Å². The van der Waals surface area contributed by atoms with Gasteiger partial charge in [-0.25, -0.2) is 13.4 Å². The van der Waals surface area contributed by atoms with E-state index in [1.807, 2.05) is 12.1 Å². The minimum atomic E-state index is -3.36. The summed E-state index contributed by atoms with van der Waals surface area (Å²) in [6, 6.07) is 8.25. The van der Waals surface area contributed by atoms with Gasteiger partial charge in [0.2, 0.25) is 5.88 Å². The van der Waals surface area contributed by atoms with Crippen LogP contribution in [0.5, 0.6) is 5.88 Å². The van der Waals surface area contributed by atoms with E-state index in [4.69, 9.17) is 4.74 Å². The van der Waals surface area contributed by atoms with Gasteiger partial charge in [0.15, 0.2) is 9.84 Å². The molecule has 1 saturated carbocycles. The maximum atomic E-state index is 12.5. The van der Waals surface area contributed by atoms with Crippen LogP contribution in [0, 0.1) is 6.92 Å². The molecule has 0 saturated heterocycles. The molecule has 3 rings (SSSR count). The molecule has 1 N–H and O–H groups in total. The molecule has 1 amide bonds. The molecule has 27 heavy (non-hydrogen) atoms. The third kappa shape index (κ3) is 5.07. The molecule has 1 aliphatic carbocycles. The Morgan fingerprint density at radius 1 is 1.22 bits per heavy atom. The Morgan fingerprint density at radius 2 is 1.96 bits per heavy atom. The number of ether oxygens (including phenoxy) is 1. The lowest BCUT2D eigenvalue weighted by atomic mass is 10.1. The summed E-state index contributed by atoms with van der Waals surface area (Å²) in [5, 5.41) is 2.81. The molecule has 144 valence electrons. The molecule has 1 aromatic heterocycles. The molecule has 0 unspecified atom stereocenters. The van der Waals surface area contributed by atoms with E-state index in [0.29, 0.717) is 18.0 Å². The standard InChI is InChI=1S/C20H24N2O4S/c1-14-7-9-17(27(2,24)25)11-18(14)20(23)22-13-15-8-10-19(21-12-15)26-16-5-3-4-6-16/h7-12,16H,3-6,13H2,1-2H3,(H,22,23). The Hall–Kier alpha value is -2.41. The number of carbonyl (C=O) groups is 1. The fourth-order valence-electron chi connectivity index (χ4n) is 3.12. The summed E-state index contributed by atoms with van der Waals surface area (Å²) < 4.78 is 29.2. The number of hydrogen-bond donors (Lipinski definition) is 1. The highest BCUT2D eigenvalue weighted by atomic mass is 32.2. The number of hydrogen-bond acceptors (Lipinski definition) is 5. The highest BCUT2D eigenvalue weighted by molar-refractivity contribution is 7.90. The van der Waals surface area contributed by atoms with Crippen LogP contribution in [0.4, 0.5) is 0 Å². The molecular formula is C20H24N2O4S. The van der Waals surface area contributed by atoms with Crippen molar-refractivity contribution in [2.45, 2.75) is 50.2 Å². The molecule has 1 heterocycles. The third-order valence-electron chi connectivity index (χ3n) is 4.72. The number of benzene rings is 1. The van der Waals surface area contributed by atoms with Crippen molar-refractivity contribution in [3.63, 3.8) is 0 Å². The summed E-state index contributed by atoms with van der Waals surface area (Å²) in [6.45, 7) is 2.08. The third-order valence-corrected chi connectivity index (χ3v) is 5.83. The van der Waals surface area contributed by atoms with E-state index < -0.39 is 9.84 Å². The summed E-state index contributed by atoms with van der Waals surface area (Å²) >= 11 is 0. The number of pyridine rings is 1. The highest BCUT2D eigenvalue weighted by Gasteiger charge is 2.17. The molecule has 7 heteroatoms. The highest BCUT2D eigenvalue weighted by Crippen LogP contribution is 2.23. The van der Waals surface area contributed by atoms with Crippen LogP contribution in [0.1, 0.15) is 47.2 Å². The first-order valence-electron chi connectivity index (χ1n) is 9.03. The zero-order chi connectivity index (χ0) is 19.4. The summed E-state index contributed by atoms with van der Waals surface area (Å²) in [5.41, 5.74) is 1.92. The normalized spacial score (nSPS) is 14.9. The van der Waals surface area contributed by atoms with Crippen molar-refractivity contribution >= 4 is 15.7 Å². The van der Waals surface area contributed by atoms with Gasteiger partial charge in [0.25, 0.3) is 5.91 Å². The molecular weight excluding hydrogens is 364 g/mol. The van der Waals surface area contributed by atoms with Gasteiger partial charge in [0.05, 0.1) is 4.90 Å². The SMILES string of the molecule is Cc1ccc(S(C)(=O)=O)cc1C(=O)NCc1ccc(OC2CCCC2)nc1. The van der Waals surface area contributed by atoms with Crippen LogP contribution in [0.15, 0.2) is 41.4 Å². The second-order valence-electron chi connectivity index (χ2n) is 6.96. The van der Waals surface area contributed by atoms with Gasteiger partial charge in [0.1, 0.15) is 6.10 Å². The molecule has 6 nitrogen and oxygen atoms in total. The van der Waals surface area contributed by atoms with Crippen LogP contribution in [0.3, 0.4) is 0 Å². The summed E-state index contributed by atoms with van der Waals surface area (Å²) in [7, 11) is -3.36. The average Bonchev–Trinajstić information content (AvgIpc) is 3.13. The maximum Gasteiger partial charge on any atom is 0.251 e. The second-order valence-corrected chi connectivity index (χ2v) is 8.98.